The third-order valence-corrected chi connectivity index (χ3v) is 4.06. The average Bonchev–Trinajstić information content (AvgIpc) is 2.53. The summed E-state index contributed by atoms with van der Waals surface area (Å²) in [4.78, 5) is 28.8. The summed E-state index contributed by atoms with van der Waals surface area (Å²) in [5, 5.41) is 12.0. The number of amides is 1. The largest absolute Gasteiger partial charge is 0.321 e. The highest BCUT2D eigenvalue weighted by molar-refractivity contribution is 7.98. The number of hydrogen-bond acceptors (Lipinski definition) is 5. The van der Waals surface area contributed by atoms with E-state index >= 15 is 0 Å². The van der Waals surface area contributed by atoms with Gasteiger partial charge in [0, 0.05) is 21.7 Å². The van der Waals surface area contributed by atoms with Crippen LogP contribution in [0.3, 0.4) is 0 Å². The number of thioether (sulfide) groups is 1. The molecular formula is C16H12ClN3O2S. The number of benzene rings is 1. The van der Waals surface area contributed by atoms with E-state index in [1.165, 1.54) is 37.0 Å². The lowest BCUT2D eigenvalue weighted by Gasteiger charge is -2.11. The molecule has 0 saturated heterocycles. The molecule has 0 spiro atoms. The van der Waals surface area contributed by atoms with E-state index in [2.05, 4.69) is 10.3 Å². The fourth-order valence-electron chi connectivity index (χ4n) is 1.96. The molecule has 1 heterocycles. The van der Waals surface area contributed by atoms with E-state index in [9.17, 15) is 9.59 Å². The molecule has 7 heteroatoms. The molecule has 0 saturated carbocycles. The lowest BCUT2D eigenvalue weighted by atomic mass is 10.1. The molecule has 0 atom stereocenters. The number of carbonyl (C=O) groups excluding carboxylic acids is 2. The molecule has 1 amide bonds. The molecule has 5 nitrogen and oxygen atoms in total. The predicted molar refractivity (Wildman–Crippen MR) is 90.1 cm³/mol. The molecule has 0 aliphatic rings. The highest BCUT2D eigenvalue weighted by atomic mass is 35.5. The van der Waals surface area contributed by atoms with E-state index < -0.39 is 5.91 Å². The van der Waals surface area contributed by atoms with Gasteiger partial charge in [-0.2, -0.15) is 5.26 Å². The van der Waals surface area contributed by atoms with Crippen LogP contribution in [0.2, 0.25) is 5.02 Å². The SMILES string of the molecule is CSc1cnc(C#N)cc1C(=O)Nc1cc(Cl)ccc1C(C)=O. The number of aromatic nitrogens is 1. The van der Waals surface area contributed by atoms with Crippen LogP contribution in [-0.2, 0) is 0 Å². The van der Waals surface area contributed by atoms with Crippen molar-refractivity contribution in [1.82, 2.24) is 4.98 Å². The lowest BCUT2D eigenvalue weighted by molar-refractivity contribution is 0.101. The van der Waals surface area contributed by atoms with Crippen LogP contribution in [-0.4, -0.2) is 22.9 Å². The minimum Gasteiger partial charge on any atom is -0.321 e. The molecule has 23 heavy (non-hydrogen) atoms. The van der Waals surface area contributed by atoms with Crippen molar-refractivity contribution < 1.29 is 9.59 Å². The number of anilines is 1. The van der Waals surface area contributed by atoms with Crippen LogP contribution in [0.1, 0.15) is 33.3 Å². The van der Waals surface area contributed by atoms with Crippen molar-refractivity contribution in [3.8, 4) is 6.07 Å². The number of rotatable bonds is 4. The Kier molecular flexibility index (Phi) is 5.37. The average molecular weight is 346 g/mol. The number of nitriles is 1. The second-order valence-electron chi connectivity index (χ2n) is 4.58. The minimum atomic E-state index is -0.432. The minimum absolute atomic E-state index is 0.144. The van der Waals surface area contributed by atoms with Gasteiger partial charge in [-0.1, -0.05) is 11.6 Å². The number of nitrogens with zero attached hydrogens (tertiary/aromatic N) is 2. The van der Waals surface area contributed by atoms with E-state index in [4.69, 9.17) is 16.9 Å². The standard InChI is InChI=1S/C16H12ClN3O2S/c1-9(21)12-4-3-10(17)5-14(12)20-16(22)13-6-11(7-18)19-8-15(13)23-2/h3-6,8H,1-2H3,(H,20,22). The molecule has 0 aliphatic heterocycles. The zero-order chi connectivity index (χ0) is 17.0. The van der Waals surface area contributed by atoms with Crippen LogP contribution in [0.5, 0.6) is 0 Å². The number of carbonyl (C=O) groups is 2. The number of Topliss-reactive ketones (excluding diaryl/α,β-unsaturated/α-hetero) is 1. The van der Waals surface area contributed by atoms with Crippen LogP contribution in [0.4, 0.5) is 5.69 Å². The summed E-state index contributed by atoms with van der Waals surface area (Å²) in [6.07, 6.45) is 3.28. The van der Waals surface area contributed by atoms with Crippen LogP contribution in [0, 0.1) is 11.3 Å². The molecule has 0 fully saturated rings. The highest BCUT2D eigenvalue weighted by Gasteiger charge is 2.16. The zero-order valence-electron chi connectivity index (χ0n) is 12.4. The maximum atomic E-state index is 12.5. The molecule has 0 aliphatic carbocycles. The van der Waals surface area contributed by atoms with Crippen molar-refractivity contribution in [1.29, 1.82) is 5.26 Å². The first kappa shape index (κ1) is 17.0. The van der Waals surface area contributed by atoms with Gasteiger partial charge in [-0.15, -0.1) is 11.8 Å². The molecule has 2 rings (SSSR count). The molecule has 116 valence electrons. The van der Waals surface area contributed by atoms with Gasteiger partial charge in [0.25, 0.3) is 5.91 Å². The maximum Gasteiger partial charge on any atom is 0.256 e. The third kappa shape index (κ3) is 3.89. The van der Waals surface area contributed by atoms with Gasteiger partial charge >= 0.3 is 0 Å². The normalized spacial score (nSPS) is 10.0. The number of hydrogen-bond donors (Lipinski definition) is 1. The number of nitrogens with one attached hydrogen (secondary N) is 1. The van der Waals surface area contributed by atoms with Gasteiger partial charge in [0.15, 0.2) is 5.78 Å². The summed E-state index contributed by atoms with van der Waals surface area (Å²) in [5.41, 5.74) is 1.16. The van der Waals surface area contributed by atoms with Gasteiger partial charge < -0.3 is 5.32 Å². The Morgan fingerprint density at radius 2 is 2.04 bits per heavy atom. The van der Waals surface area contributed by atoms with Gasteiger partial charge in [-0.3, -0.25) is 9.59 Å². The second kappa shape index (κ2) is 7.27. The topological polar surface area (TPSA) is 82.8 Å². The molecule has 0 bridgehead atoms. The Morgan fingerprint density at radius 3 is 2.65 bits per heavy atom. The van der Waals surface area contributed by atoms with Gasteiger partial charge in [-0.25, -0.2) is 4.98 Å². The molecule has 1 N–H and O–H groups in total. The number of pyridine rings is 1. The first-order valence-electron chi connectivity index (χ1n) is 6.52. The van der Waals surface area contributed by atoms with E-state index in [0.717, 1.165) is 0 Å². The van der Waals surface area contributed by atoms with E-state index in [0.29, 0.717) is 26.7 Å². The Morgan fingerprint density at radius 1 is 1.30 bits per heavy atom. The van der Waals surface area contributed by atoms with Crippen molar-refractivity contribution >= 4 is 40.7 Å². The predicted octanol–water partition coefficient (Wildman–Crippen LogP) is 3.78. The summed E-state index contributed by atoms with van der Waals surface area (Å²) in [6, 6.07) is 7.97. The van der Waals surface area contributed by atoms with Crippen molar-refractivity contribution in [2.75, 3.05) is 11.6 Å². The van der Waals surface area contributed by atoms with Crippen LogP contribution in [0.25, 0.3) is 0 Å². The Labute approximate surface area is 142 Å². The smallest absolute Gasteiger partial charge is 0.256 e. The zero-order valence-corrected chi connectivity index (χ0v) is 14.0. The number of halogens is 1. The van der Waals surface area contributed by atoms with Crippen molar-refractivity contribution in [2.24, 2.45) is 0 Å². The van der Waals surface area contributed by atoms with Crippen LogP contribution in [0.15, 0.2) is 35.4 Å². The maximum absolute atomic E-state index is 12.5. The van der Waals surface area contributed by atoms with Crippen molar-refractivity contribution in [3.05, 3.63) is 52.3 Å². The van der Waals surface area contributed by atoms with Gasteiger partial charge in [0.2, 0.25) is 0 Å². The Bertz CT molecular complexity index is 831. The van der Waals surface area contributed by atoms with E-state index in [-0.39, 0.29) is 11.5 Å². The molecule has 1 aromatic heterocycles. The van der Waals surface area contributed by atoms with E-state index in [1.54, 1.807) is 18.4 Å². The fraction of sp³-hybridized carbons (Fsp3) is 0.125. The Hall–Kier alpha value is -2.36. The summed E-state index contributed by atoms with van der Waals surface area (Å²) in [7, 11) is 0. The second-order valence-corrected chi connectivity index (χ2v) is 5.87. The molecule has 1 aromatic carbocycles. The Balaban J connectivity index is 2.42. The monoisotopic (exact) mass is 345 g/mol. The van der Waals surface area contributed by atoms with Crippen LogP contribution >= 0.6 is 23.4 Å². The molecule has 0 unspecified atom stereocenters. The summed E-state index contributed by atoms with van der Waals surface area (Å²) < 4.78 is 0. The first-order chi connectivity index (χ1) is 11.0. The third-order valence-electron chi connectivity index (χ3n) is 3.06. The molecule has 0 radical (unpaired) electrons. The van der Waals surface area contributed by atoms with Crippen LogP contribution < -0.4 is 5.32 Å². The van der Waals surface area contributed by atoms with Crippen molar-refractivity contribution in [3.63, 3.8) is 0 Å². The molecule has 2 aromatic rings. The van der Waals surface area contributed by atoms with Gasteiger partial charge in [0.1, 0.15) is 11.8 Å². The number of ketones is 1. The summed E-state index contributed by atoms with van der Waals surface area (Å²) in [5.74, 6) is -0.618. The summed E-state index contributed by atoms with van der Waals surface area (Å²) >= 11 is 7.28. The van der Waals surface area contributed by atoms with Gasteiger partial charge in [0.05, 0.1) is 11.3 Å². The van der Waals surface area contributed by atoms with E-state index in [1.807, 2.05) is 6.07 Å². The summed E-state index contributed by atoms with van der Waals surface area (Å²) in [6.45, 7) is 1.41. The first-order valence-corrected chi connectivity index (χ1v) is 8.12. The fourth-order valence-corrected chi connectivity index (χ4v) is 2.66. The van der Waals surface area contributed by atoms with Crippen molar-refractivity contribution in [2.45, 2.75) is 11.8 Å². The van der Waals surface area contributed by atoms with Gasteiger partial charge in [-0.05, 0) is 37.4 Å². The quantitative estimate of drug-likeness (QED) is 0.673. The highest BCUT2D eigenvalue weighted by Crippen LogP contribution is 2.25. The molecular weight excluding hydrogens is 334 g/mol. The lowest BCUT2D eigenvalue weighted by Crippen LogP contribution is -2.16.